The highest BCUT2D eigenvalue weighted by Crippen LogP contribution is 2.57. The van der Waals surface area contributed by atoms with Gasteiger partial charge >= 0.3 is 5.97 Å². The Balaban J connectivity index is 1.61. The van der Waals surface area contributed by atoms with Crippen molar-refractivity contribution in [2.24, 2.45) is 0 Å². The molecule has 34 heavy (non-hydrogen) atoms. The van der Waals surface area contributed by atoms with Crippen molar-refractivity contribution in [3.05, 3.63) is 112 Å². The summed E-state index contributed by atoms with van der Waals surface area (Å²) in [5.41, 5.74) is 4.26. The van der Waals surface area contributed by atoms with Crippen LogP contribution in [-0.2, 0) is 10.3 Å². The summed E-state index contributed by atoms with van der Waals surface area (Å²) in [6, 6.07) is 26.9. The van der Waals surface area contributed by atoms with Crippen LogP contribution in [0, 0.1) is 0 Å². The van der Waals surface area contributed by atoms with Gasteiger partial charge in [0.15, 0.2) is 5.60 Å². The van der Waals surface area contributed by atoms with Gasteiger partial charge in [0.2, 0.25) is 0 Å². The highest BCUT2D eigenvalue weighted by molar-refractivity contribution is 6.33. The van der Waals surface area contributed by atoms with Crippen LogP contribution in [0.25, 0.3) is 0 Å². The van der Waals surface area contributed by atoms with Crippen LogP contribution in [0.15, 0.2) is 84.9 Å². The minimum Gasteiger partial charge on any atom is -0.456 e. The van der Waals surface area contributed by atoms with Gasteiger partial charge in [0, 0.05) is 54.3 Å². The average molecular weight is 469 g/mol. The van der Waals surface area contributed by atoms with Gasteiger partial charge in [-0.05, 0) is 36.4 Å². The number of rotatable bonds is 3. The molecule has 1 N–H and O–H groups in total. The third-order valence-corrected chi connectivity index (χ3v) is 6.67. The number of para-hydroxylation sites is 1. The van der Waals surface area contributed by atoms with Crippen molar-refractivity contribution in [1.29, 1.82) is 0 Å². The van der Waals surface area contributed by atoms with Gasteiger partial charge in [-0.2, -0.15) is 0 Å². The third-order valence-electron chi connectivity index (χ3n) is 6.35. The number of nitrogens with zero attached hydrogens (tertiary/aromatic N) is 1. The van der Waals surface area contributed by atoms with Crippen LogP contribution >= 0.6 is 11.6 Å². The van der Waals surface area contributed by atoms with E-state index < -0.39 is 5.60 Å². The number of ether oxygens (including phenoxy) is 2. The SMILES string of the molecule is CN(C)c1ccc2c(c1)Oc1cc(Cl)c(Nc3ccccc3)cc1C21OC(=O)c2ccccc21. The van der Waals surface area contributed by atoms with Crippen LogP contribution in [0.3, 0.4) is 0 Å². The van der Waals surface area contributed by atoms with Crippen LogP contribution < -0.4 is 15.0 Å². The van der Waals surface area contributed by atoms with Gasteiger partial charge in [0.25, 0.3) is 0 Å². The van der Waals surface area contributed by atoms with Crippen molar-refractivity contribution in [2.75, 3.05) is 24.3 Å². The van der Waals surface area contributed by atoms with Gasteiger partial charge in [-0.1, -0.05) is 48.0 Å². The van der Waals surface area contributed by atoms with Gasteiger partial charge in [0.05, 0.1) is 16.3 Å². The number of hydrogen-bond acceptors (Lipinski definition) is 5. The normalized spacial score (nSPS) is 17.3. The summed E-state index contributed by atoms with van der Waals surface area (Å²) in [6.45, 7) is 0. The van der Waals surface area contributed by atoms with Crippen molar-refractivity contribution in [3.63, 3.8) is 0 Å². The smallest absolute Gasteiger partial charge is 0.340 e. The zero-order valence-electron chi connectivity index (χ0n) is 18.6. The second kappa shape index (κ2) is 7.54. The Hall–Kier alpha value is -3.96. The summed E-state index contributed by atoms with van der Waals surface area (Å²) in [4.78, 5) is 15.1. The number of benzene rings is 4. The zero-order valence-corrected chi connectivity index (χ0v) is 19.4. The molecule has 0 saturated carbocycles. The number of fused-ring (bicyclic) bond motifs is 6. The van der Waals surface area contributed by atoms with E-state index in [2.05, 4.69) is 5.32 Å². The molecular formula is C28H21ClN2O3. The molecule has 1 unspecified atom stereocenters. The molecule has 2 aliphatic rings. The van der Waals surface area contributed by atoms with Gasteiger partial charge < -0.3 is 19.7 Å². The maximum absolute atomic E-state index is 13.1. The van der Waals surface area contributed by atoms with E-state index in [-0.39, 0.29) is 5.97 Å². The quantitative estimate of drug-likeness (QED) is 0.338. The number of anilines is 3. The van der Waals surface area contributed by atoms with Crippen LogP contribution in [-0.4, -0.2) is 20.1 Å². The van der Waals surface area contributed by atoms with Gasteiger partial charge in [0.1, 0.15) is 11.5 Å². The molecule has 0 saturated heterocycles. The molecule has 5 nitrogen and oxygen atoms in total. The van der Waals surface area contributed by atoms with Crippen LogP contribution in [0.2, 0.25) is 5.02 Å². The zero-order chi connectivity index (χ0) is 23.4. The van der Waals surface area contributed by atoms with E-state index in [1.165, 1.54) is 0 Å². The van der Waals surface area contributed by atoms with Crippen molar-refractivity contribution >= 4 is 34.6 Å². The molecule has 0 aromatic heterocycles. The Morgan fingerprint density at radius 3 is 2.35 bits per heavy atom. The number of nitrogens with one attached hydrogen (secondary N) is 1. The van der Waals surface area contributed by atoms with E-state index in [1.807, 2.05) is 91.8 Å². The molecule has 4 aromatic carbocycles. The van der Waals surface area contributed by atoms with Gasteiger partial charge in [-0.25, -0.2) is 4.79 Å². The van der Waals surface area contributed by atoms with E-state index in [9.17, 15) is 4.79 Å². The summed E-state index contributed by atoms with van der Waals surface area (Å²) in [5, 5.41) is 3.88. The first kappa shape index (κ1) is 20.6. The standard InChI is InChI=1S/C28H21ClN2O3/c1-31(2)18-12-13-21-25(14-18)33-26-16-23(29)24(30-17-8-4-3-5-9-17)15-22(26)28(21)20-11-7-6-10-19(20)27(32)34-28/h3-16,30H,1-2H3. The molecule has 168 valence electrons. The Kier molecular flexibility index (Phi) is 4.57. The Morgan fingerprint density at radius 2 is 1.56 bits per heavy atom. The molecular weight excluding hydrogens is 448 g/mol. The summed E-state index contributed by atoms with van der Waals surface area (Å²) in [7, 11) is 3.94. The van der Waals surface area contributed by atoms with Crippen molar-refractivity contribution in [2.45, 2.75) is 5.60 Å². The van der Waals surface area contributed by atoms with Crippen LogP contribution in [0.4, 0.5) is 17.1 Å². The summed E-state index contributed by atoms with van der Waals surface area (Å²) >= 11 is 6.69. The van der Waals surface area contributed by atoms with E-state index in [1.54, 1.807) is 12.1 Å². The number of halogens is 1. The van der Waals surface area contributed by atoms with Gasteiger partial charge in [-0.15, -0.1) is 0 Å². The van der Waals surface area contributed by atoms with E-state index >= 15 is 0 Å². The minimum atomic E-state index is -1.14. The number of esters is 1. The Bertz CT molecular complexity index is 1450. The number of hydrogen-bond donors (Lipinski definition) is 1. The molecule has 2 aliphatic heterocycles. The molecule has 6 rings (SSSR count). The lowest BCUT2D eigenvalue weighted by Gasteiger charge is -2.37. The summed E-state index contributed by atoms with van der Waals surface area (Å²) < 4.78 is 12.6. The molecule has 0 aliphatic carbocycles. The van der Waals surface area contributed by atoms with Crippen molar-refractivity contribution in [1.82, 2.24) is 0 Å². The lowest BCUT2D eigenvalue weighted by Crippen LogP contribution is -2.33. The lowest BCUT2D eigenvalue weighted by molar-refractivity contribution is 0.0224. The fraction of sp³-hybridized carbons (Fsp3) is 0.107. The average Bonchev–Trinajstić information content (AvgIpc) is 3.13. The molecule has 6 heteroatoms. The summed E-state index contributed by atoms with van der Waals surface area (Å²) in [6.07, 6.45) is 0. The predicted molar refractivity (Wildman–Crippen MR) is 134 cm³/mol. The van der Waals surface area contributed by atoms with Gasteiger partial charge in [-0.3, -0.25) is 0 Å². The number of carbonyl (C=O) groups excluding carboxylic acids is 1. The first-order valence-corrected chi connectivity index (χ1v) is 11.3. The fourth-order valence-electron chi connectivity index (χ4n) is 4.73. The maximum atomic E-state index is 13.1. The highest BCUT2D eigenvalue weighted by atomic mass is 35.5. The first-order valence-electron chi connectivity index (χ1n) is 11.0. The second-order valence-corrected chi connectivity index (χ2v) is 9.02. The molecule has 4 aromatic rings. The fourth-order valence-corrected chi connectivity index (χ4v) is 4.93. The number of carbonyl (C=O) groups is 1. The highest BCUT2D eigenvalue weighted by Gasteiger charge is 2.53. The molecule has 0 amide bonds. The maximum Gasteiger partial charge on any atom is 0.340 e. The second-order valence-electron chi connectivity index (χ2n) is 8.61. The van der Waals surface area contributed by atoms with Crippen molar-refractivity contribution in [3.8, 4) is 11.5 Å². The van der Waals surface area contributed by atoms with E-state index in [0.29, 0.717) is 27.8 Å². The van der Waals surface area contributed by atoms with E-state index in [4.69, 9.17) is 21.1 Å². The van der Waals surface area contributed by atoms with Crippen molar-refractivity contribution < 1.29 is 14.3 Å². The molecule has 0 radical (unpaired) electrons. The van der Waals surface area contributed by atoms with E-state index in [0.717, 1.165) is 28.1 Å². The molecule has 0 bridgehead atoms. The first-order chi connectivity index (χ1) is 16.5. The third kappa shape index (κ3) is 2.97. The lowest BCUT2D eigenvalue weighted by atomic mass is 9.77. The molecule has 1 atom stereocenters. The summed E-state index contributed by atoms with van der Waals surface area (Å²) in [5.74, 6) is 0.818. The Morgan fingerprint density at radius 1 is 0.824 bits per heavy atom. The minimum absolute atomic E-state index is 0.362. The molecule has 2 heterocycles. The van der Waals surface area contributed by atoms with Crippen LogP contribution in [0.5, 0.6) is 11.5 Å². The molecule has 0 fully saturated rings. The molecule has 1 spiro atoms. The monoisotopic (exact) mass is 468 g/mol. The Labute approximate surface area is 202 Å². The van der Waals surface area contributed by atoms with Crippen LogP contribution in [0.1, 0.15) is 27.0 Å². The predicted octanol–water partition coefficient (Wildman–Crippen LogP) is 6.72. The largest absolute Gasteiger partial charge is 0.456 e. The topological polar surface area (TPSA) is 50.8 Å².